The van der Waals surface area contributed by atoms with Gasteiger partial charge in [-0.3, -0.25) is 0 Å². The fourth-order valence-electron chi connectivity index (χ4n) is 2.68. The molecule has 0 spiro atoms. The van der Waals surface area contributed by atoms with Gasteiger partial charge in [-0.25, -0.2) is 0 Å². The number of benzene rings is 1. The summed E-state index contributed by atoms with van der Waals surface area (Å²) < 4.78 is 7.70. The SMILES string of the molecule is COc1cccc2c1ccn2CCNC(C)CCC(C)C. The van der Waals surface area contributed by atoms with Gasteiger partial charge in [0.25, 0.3) is 0 Å². The first kappa shape index (κ1) is 15.9. The summed E-state index contributed by atoms with van der Waals surface area (Å²) in [5.41, 5.74) is 1.24. The van der Waals surface area contributed by atoms with E-state index in [0.29, 0.717) is 6.04 Å². The van der Waals surface area contributed by atoms with Crippen LogP contribution in [0, 0.1) is 5.92 Å². The summed E-state index contributed by atoms with van der Waals surface area (Å²) in [7, 11) is 1.73. The van der Waals surface area contributed by atoms with Gasteiger partial charge in [0.05, 0.1) is 12.6 Å². The number of methoxy groups -OCH3 is 1. The van der Waals surface area contributed by atoms with Crippen LogP contribution in [-0.2, 0) is 6.54 Å². The molecule has 0 fully saturated rings. The minimum atomic E-state index is 0.587. The lowest BCUT2D eigenvalue weighted by Gasteiger charge is -2.15. The molecule has 0 amide bonds. The number of hydrogen-bond donors (Lipinski definition) is 1. The summed E-state index contributed by atoms with van der Waals surface area (Å²) in [5.74, 6) is 1.74. The molecular formula is C18H28N2O. The first-order valence-electron chi connectivity index (χ1n) is 7.97. The Morgan fingerprint density at radius 1 is 1.14 bits per heavy atom. The summed E-state index contributed by atoms with van der Waals surface area (Å²) in [4.78, 5) is 0. The number of fused-ring (bicyclic) bond motifs is 1. The van der Waals surface area contributed by atoms with Crippen LogP contribution in [0.4, 0.5) is 0 Å². The minimum absolute atomic E-state index is 0.587. The van der Waals surface area contributed by atoms with E-state index < -0.39 is 0 Å². The van der Waals surface area contributed by atoms with Crippen LogP contribution in [0.3, 0.4) is 0 Å². The molecule has 2 rings (SSSR count). The Morgan fingerprint density at radius 3 is 2.67 bits per heavy atom. The molecule has 1 heterocycles. The molecule has 0 saturated carbocycles. The Balaban J connectivity index is 1.89. The first-order valence-corrected chi connectivity index (χ1v) is 7.97. The molecule has 0 bridgehead atoms. The molecule has 1 aromatic carbocycles. The van der Waals surface area contributed by atoms with E-state index >= 15 is 0 Å². The zero-order valence-electron chi connectivity index (χ0n) is 13.7. The van der Waals surface area contributed by atoms with Crippen molar-refractivity contribution in [3.63, 3.8) is 0 Å². The van der Waals surface area contributed by atoms with Gasteiger partial charge in [-0.2, -0.15) is 0 Å². The fourth-order valence-corrected chi connectivity index (χ4v) is 2.68. The number of hydrogen-bond acceptors (Lipinski definition) is 2. The molecule has 116 valence electrons. The Hall–Kier alpha value is -1.48. The zero-order chi connectivity index (χ0) is 15.2. The molecule has 0 saturated heterocycles. The van der Waals surface area contributed by atoms with Crippen LogP contribution < -0.4 is 10.1 Å². The van der Waals surface area contributed by atoms with E-state index in [-0.39, 0.29) is 0 Å². The maximum Gasteiger partial charge on any atom is 0.128 e. The average Bonchev–Trinajstić information content (AvgIpc) is 2.88. The average molecular weight is 288 g/mol. The van der Waals surface area contributed by atoms with Crippen LogP contribution in [-0.4, -0.2) is 24.3 Å². The molecule has 1 aromatic heterocycles. The Kier molecular flexibility index (Phi) is 5.68. The Bertz CT molecular complexity index is 559. The van der Waals surface area contributed by atoms with Gasteiger partial charge in [-0.15, -0.1) is 0 Å². The fraction of sp³-hybridized carbons (Fsp3) is 0.556. The van der Waals surface area contributed by atoms with Crippen molar-refractivity contribution in [1.29, 1.82) is 0 Å². The molecule has 0 aliphatic heterocycles. The third-order valence-corrected chi connectivity index (χ3v) is 4.02. The molecule has 0 aliphatic rings. The van der Waals surface area contributed by atoms with Gasteiger partial charge in [-0.05, 0) is 43.9 Å². The quantitative estimate of drug-likeness (QED) is 0.792. The van der Waals surface area contributed by atoms with Crippen molar-refractivity contribution in [1.82, 2.24) is 9.88 Å². The second kappa shape index (κ2) is 7.51. The van der Waals surface area contributed by atoms with Gasteiger partial charge in [0.1, 0.15) is 5.75 Å². The third-order valence-electron chi connectivity index (χ3n) is 4.02. The number of nitrogens with zero attached hydrogens (tertiary/aromatic N) is 1. The molecule has 1 unspecified atom stereocenters. The summed E-state index contributed by atoms with van der Waals surface area (Å²) in [6, 6.07) is 8.94. The molecule has 1 N–H and O–H groups in total. The number of aromatic nitrogens is 1. The predicted octanol–water partition coefficient (Wildman–Crippen LogP) is 4.06. The zero-order valence-corrected chi connectivity index (χ0v) is 13.7. The lowest BCUT2D eigenvalue weighted by Crippen LogP contribution is -2.29. The van der Waals surface area contributed by atoms with Crippen LogP contribution in [0.25, 0.3) is 10.9 Å². The highest BCUT2D eigenvalue weighted by molar-refractivity contribution is 5.86. The molecule has 3 heteroatoms. The third kappa shape index (κ3) is 4.24. The van der Waals surface area contributed by atoms with Crippen molar-refractivity contribution in [3.8, 4) is 5.75 Å². The maximum absolute atomic E-state index is 5.41. The van der Waals surface area contributed by atoms with E-state index in [2.05, 4.69) is 55.1 Å². The van der Waals surface area contributed by atoms with Gasteiger partial charge < -0.3 is 14.6 Å². The number of ether oxygens (including phenoxy) is 1. The van der Waals surface area contributed by atoms with Crippen molar-refractivity contribution >= 4 is 10.9 Å². The molecular weight excluding hydrogens is 260 g/mol. The van der Waals surface area contributed by atoms with Gasteiger partial charge in [0, 0.05) is 30.7 Å². The Labute approximate surface area is 128 Å². The van der Waals surface area contributed by atoms with E-state index in [1.165, 1.54) is 23.7 Å². The van der Waals surface area contributed by atoms with Crippen LogP contribution in [0.15, 0.2) is 30.5 Å². The topological polar surface area (TPSA) is 26.2 Å². The monoisotopic (exact) mass is 288 g/mol. The van der Waals surface area contributed by atoms with Gasteiger partial charge in [-0.1, -0.05) is 19.9 Å². The lowest BCUT2D eigenvalue weighted by atomic mass is 10.0. The highest BCUT2D eigenvalue weighted by atomic mass is 16.5. The van der Waals surface area contributed by atoms with E-state index in [1.807, 2.05) is 6.07 Å². The van der Waals surface area contributed by atoms with E-state index in [1.54, 1.807) is 7.11 Å². The van der Waals surface area contributed by atoms with Crippen LogP contribution in [0.2, 0.25) is 0 Å². The maximum atomic E-state index is 5.41. The summed E-state index contributed by atoms with van der Waals surface area (Å²) >= 11 is 0. The van der Waals surface area contributed by atoms with Crippen molar-refractivity contribution in [2.45, 2.75) is 46.2 Å². The molecule has 0 radical (unpaired) electrons. The van der Waals surface area contributed by atoms with Gasteiger partial charge in [0.15, 0.2) is 0 Å². The highest BCUT2D eigenvalue weighted by Crippen LogP contribution is 2.25. The van der Waals surface area contributed by atoms with Crippen LogP contribution in [0.5, 0.6) is 5.75 Å². The summed E-state index contributed by atoms with van der Waals surface area (Å²) in [6.07, 6.45) is 4.68. The molecule has 2 aromatic rings. The van der Waals surface area contributed by atoms with Crippen LogP contribution >= 0.6 is 0 Å². The van der Waals surface area contributed by atoms with Crippen molar-refractivity contribution < 1.29 is 4.74 Å². The first-order chi connectivity index (χ1) is 10.1. The predicted molar refractivity (Wildman–Crippen MR) is 90.0 cm³/mol. The normalized spacial score (nSPS) is 13.0. The second-order valence-corrected chi connectivity index (χ2v) is 6.23. The van der Waals surface area contributed by atoms with Gasteiger partial charge >= 0.3 is 0 Å². The molecule has 1 atom stereocenters. The lowest BCUT2D eigenvalue weighted by molar-refractivity contribution is 0.419. The van der Waals surface area contributed by atoms with E-state index in [4.69, 9.17) is 4.74 Å². The Morgan fingerprint density at radius 2 is 1.95 bits per heavy atom. The second-order valence-electron chi connectivity index (χ2n) is 6.23. The number of nitrogens with one attached hydrogen (secondary N) is 1. The molecule has 3 nitrogen and oxygen atoms in total. The van der Waals surface area contributed by atoms with Crippen LogP contribution in [0.1, 0.15) is 33.6 Å². The van der Waals surface area contributed by atoms with E-state index in [0.717, 1.165) is 24.8 Å². The van der Waals surface area contributed by atoms with Crippen molar-refractivity contribution in [3.05, 3.63) is 30.5 Å². The molecule has 21 heavy (non-hydrogen) atoms. The largest absolute Gasteiger partial charge is 0.496 e. The minimum Gasteiger partial charge on any atom is -0.496 e. The smallest absolute Gasteiger partial charge is 0.128 e. The van der Waals surface area contributed by atoms with Crippen molar-refractivity contribution in [2.24, 2.45) is 5.92 Å². The standard InChI is InChI=1S/C18H28N2O/c1-14(2)8-9-15(3)19-11-13-20-12-10-16-17(20)6-5-7-18(16)21-4/h5-7,10,12,14-15,19H,8-9,11,13H2,1-4H3. The summed E-state index contributed by atoms with van der Waals surface area (Å²) in [6.45, 7) is 8.83. The summed E-state index contributed by atoms with van der Waals surface area (Å²) in [5, 5.41) is 4.81. The van der Waals surface area contributed by atoms with E-state index in [9.17, 15) is 0 Å². The highest BCUT2D eigenvalue weighted by Gasteiger charge is 2.06. The van der Waals surface area contributed by atoms with Gasteiger partial charge in [0.2, 0.25) is 0 Å². The molecule has 0 aliphatic carbocycles. The number of rotatable bonds is 8. The van der Waals surface area contributed by atoms with Crippen molar-refractivity contribution in [2.75, 3.05) is 13.7 Å².